The number of anilines is 1. The highest BCUT2D eigenvalue weighted by atomic mass is 32.2. The molecule has 41 heavy (non-hydrogen) atoms. The third-order valence-electron chi connectivity index (χ3n) is 6.61. The Morgan fingerprint density at radius 3 is 2.56 bits per heavy atom. The molecule has 1 saturated heterocycles. The topological polar surface area (TPSA) is 99.2 Å². The first-order chi connectivity index (χ1) is 19.7. The third-order valence-corrected chi connectivity index (χ3v) is 7.99. The van der Waals surface area contributed by atoms with Crippen LogP contribution in [0, 0.1) is 18.6 Å². The number of methoxy groups -OCH3 is 1. The quantitative estimate of drug-likeness (QED) is 0.273. The summed E-state index contributed by atoms with van der Waals surface area (Å²) < 4.78 is 78.5. The van der Waals surface area contributed by atoms with Gasteiger partial charge >= 0.3 is 0 Å². The van der Waals surface area contributed by atoms with Gasteiger partial charge in [0, 0.05) is 37.3 Å². The van der Waals surface area contributed by atoms with Crippen LogP contribution in [0.5, 0.6) is 23.0 Å². The summed E-state index contributed by atoms with van der Waals surface area (Å²) in [5.74, 6) is 0.118. The van der Waals surface area contributed by atoms with E-state index in [1.807, 2.05) is 0 Å². The average molecular weight is 586 g/mol. The fraction of sp³-hybridized carbons (Fsp3) is 0.276. The van der Waals surface area contributed by atoms with Gasteiger partial charge in [-0.25, -0.2) is 17.2 Å². The van der Waals surface area contributed by atoms with Crippen LogP contribution in [-0.4, -0.2) is 64.9 Å². The maximum Gasteiger partial charge on any atom is 0.264 e. The van der Waals surface area contributed by atoms with Crippen molar-refractivity contribution >= 4 is 26.6 Å². The van der Waals surface area contributed by atoms with Crippen molar-refractivity contribution < 1.29 is 36.1 Å². The third kappa shape index (κ3) is 6.67. The summed E-state index contributed by atoms with van der Waals surface area (Å²) in [6.07, 6.45) is 1.62. The fourth-order valence-corrected chi connectivity index (χ4v) is 5.64. The number of hydrogen-bond acceptors (Lipinski definition) is 8. The molecular weight excluding hydrogens is 556 g/mol. The number of rotatable bonds is 10. The zero-order valence-corrected chi connectivity index (χ0v) is 23.3. The number of ether oxygens (including phenoxy) is 4. The molecule has 1 aliphatic rings. The van der Waals surface area contributed by atoms with Gasteiger partial charge in [-0.05, 0) is 61.0 Å². The average Bonchev–Trinajstić information content (AvgIpc) is 2.96. The molecule has 0 aliphatic carbocycles. The lowest BCUT2D eigenvalue weighted by Gasteiger charge is -2.26. The van der Waals surface area contributed by atoms with E-state index in [1.165, 1.54) is 6.07 Å². The summed E-state index contributed by atoms with van der Waals surface area (Å²) in [4.78, 5) is 5.95. The van der Waals surface area contributed by atoms with Gasteiger partial charge in [-0.3, -0.25) is 14.6 Å². The molecule has 5 rings (SSSR count). The molecule has 0 spiro atoms. The lowest BCUT2D eigenvalue weighted by atomic mass is 10.1. The Bertz CT molecular complexity index is 1660. The molecule has 2 heterocycles. The zero-order valence-electron chi connectivity index (χ0n) is 22.5. The SMILES string of the molecule is COc1cc2c(Oc3ccc(NS(=O)(=O)c4cc(F)ccc4F)c(C)c3)ccnc2cc1OCCN1CCOCC1. The number of nitrogens with one attached hydrogen (secondary N) is 1. The van der Waals surface area contributed by atoms with E-state index in [9.17, 15) is 17.2 Å². The number of aryl methyl sites for hydroxylation is 1. The number of morpholine rings is 1. The molecule has 4 aromatic rings. The van der Waals surface area contributed by atoms with Gasteiger partial charge < -0.3 is 18.9 Å². The van der Waals surface area contributed by atoms with E-state index < -0.39 is 26.6 Å². The predicted molar refractivity (Wildman–Crippen MR) is 149 cm³/mol. The Morgan fingerprint density at radius 1 is 1.00 bits per heavy atom. The number of halogens is 2. The largest absolute Gasteiger partial charge is 0.493 e. The van der Waals surface area contributed by atoms with Crippen molar-refractivity contribution in [2.75, 3.05) is 51.3 Å². The summed E-state index contributed by atoms with van der Waals surface area (Å²) in [6.45, 7) is 6.11. The molecule has 0 bridgehead atoms. The molecule has 1 N–H and O–H groups in total. The van der Waals surface area contributed by atoms with E-state index in [1.54, 1.807) is 50.6 Å². The van der Waals surface area contributed by atoms with Crippen LogP contribution in [0.25, 0.3) is 10.9 Å². The lowest BCUT2D eigenvalue weighted by molar-refractivity contribution is 0.0321. The number of hydrogen-bond donors (Lipinski definition) is 1. The van der Waals surface area contributed by atoms with Gasteiger partial charge in [0.2, 0.25) is 0 Å². The number of nitrogens with zero attached hydrogens (tertiary/aromatic N) is 2. The second-order valence-corrected chi connectivity index (χ2v) is 11.0. The number of sulfonamides is 1. The van der Waals surface area contributed by atoms with Gasteiger partial charge in [-0.15, -0.1) is 0 Å². The minimum Gasteiger partial charge on any atom is -0.493 e. The molecule has 3 aromatic carbocycles. The van der Waals surface area contributed by atoms with Crippen molar-refractivity contribution in [3.8, 4) is 23.0 Å². The van der Waals surface area contributed by atoms with Gasteiger partial charge in [-0.1, -0.05) is 0 Å². The maximum atomic E-state index is 14.1. The number of fused-ring (bicyclic) bond motifs is 1. The van der Waals surface area contributed by atoms with Crippen LogP contribution in [0.15, 0.2) is 65.7 Å². The minimum atomic E-state index is -4.36. The molecule has 1 aromatic heterocycles. The highest BCUT2D eigenvalue weighted by molar-refractivity contribution is 7.92. The number of pyridine rings is 1. The molecule has 0 saturated carbocycles. The molecule has 0 amide bonds. The van der Waals surface area contributed by atoms with Gasteiger partial charge in [0.25, 0.3) is 10.0 Å². The van der Waals surface area contributed by atoms with Crippen LogP contribution in [0.1, 0.15) is 5.56 Å². The highest BCUT2D eigenvalue weighted by Gasteiger charge is 2.21. The standard InChI is InChI=1S/C29H29F2N3O6S/c1-19-15-21(4-6-24(19)33-41(35,36)29-16-20(30)3-5-23(29)31)40-26-7-8-32-25-18-28(27(37-2)17-22(25)26)39-14-11-34-9-12-38-13-10-34/h3-8,15-18,33H,9-14H2,1-2H3. The zero-order chi connectivity index (χ0) is 29.0. The minimum absolute atomic E-state index is 0.195. The van der Waals surface area contributed by atoms with Crippen LogP contribution in [0.2, 0.25) is 0 Å². The number of benzene rings is 3. The van der Waals surface area contributed by atoms with Crippen molar-refractivity contribution in [2.45, 2.75) is 11.8 Å². The Balaban J connectivity index is 1.33. The van der Waals surface area contributed by atoms with E-state index >= 15 is 0 Å². The Labute approximate surface area is 236 Å². The summed E-state index contributed by atoms with van der Waals surface area (Å²) in [5.41, 5.74) is 1.35. The summed E-state index contributed by atoms with van der Waals surface area (Å²) in [7, 11) is -2.80. The monoisotopic (exact) mass is 585 g/mol. The van der Waals surface area contributed by atoms with E-state index in [-0.39, 0.29) is 5.69 Å². The molecular formula is C29H29F2N3O6S. The van der Waals surface area contributed by atoms with Crippen molar-refractivity contribution in [2.24, 2.45) is 0 Å². The van der Waals surface area contributed by atoms with Crippen LogP contribution < -0.4 is 18.9 Å². The smallest absolute Gasteiger partial charge is 0.264 e. The lowest BCUT2D eigenvalue weighted by Crippen LogP contribution is -2.38. The second-order valence-electron chi connectivity index (χ2n) is 9.39. The van der Waals surface area contributed by atoms with Crippen molar-refractivity contribution in [1.29, 1.82) is 0 Å². The van der Waals surface area contributed by atoms with Crippen LogP contribution in [-0.2, 0) is 14.8 Å². The molecule has 12 heteroatoms. The van der Waals surface area contributed by atoms with Gasteiger partial charge in [0.1, 0.15) is 34.6 Å². The first-order valence-electron chi connectivity index (χ1n) is 12.9. The molecule has 0 radical (unpaired) electrons. The van der Waals surface area contributed by atoms with Crippen LogP contribution in [0.4, 0.5) is 14.5 Å². The normalized spacial score (nSPS) is 14.1. The van der Waals surface area contributed by atoms with Crippen LogP contribution in [0.3, 0.4) is 0 Å². The molecule has 0 unspecified atom stereocenters. The first-order valence-corrected chi connectivity index (χ1v) is 14.4. The van der Waals surface area contributed by atoms with Crippen molar-refractivity contribution in [3.63, 3.8) is 0 Å². The van der Waals surface area contributed by atoms with Gasteiger partial charge in [0.15, 0.2) is 11.5 Å². The molecule has 1 fully saturated rings. The first kappa shape index (κ1) is 28.5. The Morgan fingerprint density at radius 2 is 1.80 bits per heavy atom. The highest BCUT2D eigenvalue weighted by Crippen LogP contribution is 2.37. The molecule has 216 valence electrons. The Hall–Kier alpha value is -4.00. The van der Waals surface area contributed by atoms with E-state index in [0.29, 0.717) is 52.1 Å². The summed E-state index contributed by atoms with van der Waals surface area (Å²) >= 11 is 0. The molecule has 9 nitrogen and oxygen atoms in total. The van der Waals surface area contributed by atoms with Crippen LogP contribution >= 0.6 is 0 Å². The predicted octanol–water partition coefficient (Wildman–Crippen LogP) is 5.13. The number of aromatic nitrogens is 1. The van der Waals surface area contributed by atoms with E-state index in [2.05, 4.69) is 14.6 Å². The maximum absolute atomic E-state index is 14.1. The molecule has 1 aliphatic heterocycles. The summed E-state index contributed by atoms with van der Waals surface area (Å²) in [5, 5.41) is 0.689. The van der Waals surface area contributed by atoms with Gasteiger partial charge in [0.05, 0.1) is 31.5 Å². The van der Waals surface area contributed by atoms with E-state index in [4.69, 9.17) is 18.9 Å². The van der Waals surface area contributed by atoms with Crippen molar-refractivity contribution in [3.05, 3.63) is 78.0 Å². The van der Waals surface area contributed by atoms with Gasteiger partial charge in [-0.2, -0.15) is 0 Å². The van der Waals surface area contributed by atoms with Crippen molar-refractivity contribution in [1.82, 2.24) is 9.88 Å². The Kier molecular flexibility index (Phi) is 8.52. The summed E-state index contributed by atoms with van der Waals surface area (Å²) in [6, 6.07) is 12.2. The fourth-order valence-electron chi connectivity index (χ4n) is 4.42. The van der Waals surface area contributed by atoms with E-state index in [0.717, 1.165) is 45.0 Å². The second kappa shape index (κ2) is 12.2. The molecule has 0 atom stereocenters.